The number of anilines is 1. The summed E-state index contributed by atoms with van der Waals surface area (Å²) in [6, 6.07) is 11.1. The van der Waals surface area contributed by atoms with Gasteiger partial charge in [-0.25, -0.2) is 9.18 Å². The summed E-state index contributed by atoms with van der Waals surface area (Å²) in [5.74, 6) is -0.918. The average Bonchev–Trinajstić information content (AvgIpc) is 2.62. The molecule has 144 valence electrons. The number of nitrogens with one attached hydrogen (secondary N) is 1. The number of amides is 1. The van der Waals surface area contributed by atoms with Gasteiger partial charge >= 0.3 is 5.97 Å². The molecule has 0 aromatic heterocycles. The number of carbonyl (C=O) groups excluding carboxylic acids is 2. The Bertz CT molecular complexity index is 802. The Hall–Kier alpha value is -2.89. The standard InChI is InChI=1S/C21H24FNO4/c1-13(2)18-7-5-6-14(3)20(18)23-21(25)15(4)27-19(24)12-26-17-10-8-16(22)9-11-17/h5-11,13,15H,12H2,1-4H3,(H,23,25)/t15-/m1/s1. The van der Waals surface area contributed by atoms with E-state index in [2.05, 4.69) is 5.32 Å². The number of para-hydroxylation sites is 1. The summed E-state index contributed by atoms with van der Waals surface area (Å²) in [5.41, 5.74) is 2.69. The molecule has 2 aromatic rings. The molecule has 0 heterocycles. The van der Waals surface area contributed by atoms with E-state index < -0.39 is 23.8 Å². The molecular formula is C21H24FNO4. The number of hydrogen-bond donors (Lipinski definition) is 1. The Balaban J connectivity index is 1.92. The Morgan fingerprint density at radius 2 is 1.74 bits per heavy atom. The van der Waals surface area contributed by atoms with Crippen molar-refractivity contribution in [3.8, 4) is 5.75 Å². The van der Waals surface area contributed by atoms with Crippen molar-refractivity contribution < 1.29 is 23.5 Å². The first kappa shape index (κ1) is 20.4. The first-order valence-corrected chi connectivity index (χ1v) is 8.76. The molecule has 0 saturated heterocycles. The molecule has 2 aromatic carbocycles. The minimum Gasteiger partial charge on any atom is -0.482 e. The van der Waals surface area contributed by atoms with Crippen molar-refractivity contribution >= 4 is 17.6 Å². The van der Waals surface area contributed by atoms with Gasteiger partial charge in [-0.05, 0) is 55.2 Å². The zero-order valence-electron chi connectivity index (χ0n) is 15.9. The maximum absolute atomic E-state index is 12.8. The lowest BCUT2D eigenvalue weighted by Gasteiger charge is -2.19. The van der Waals surface area contributed by atoms with Gasteiger partial charge in [-0.2, -0.15) is 0 Å². The molecule has 1 N–H and O–H groups in total. The lowest BCUT2D eigenvalue weighted by Crippen LogP contribution is -2.32. The summed E-state index contributed by atoms with van der Waals surface area (Å²) in [4.78, 5) is 24.3. The molecule has 0 aliphatic rings. The fraction of sp³-hybridized carbons (Fsp3) is 0.333. The summed E-state index contributed by atoms with van der Waals surface area (Å²) in [6.45, 7) is 7.12. The predicted octanol–water partition coefficient (Wildman–Crippen LogP) is 4.21. The summed E-state index contributed by atoms with van der Waals surface area (Å²) in [5, 5.41) is 2.85. The van der Waals surface area contributed by atoms with Crippen molar-refractivity contribution in [3.63, 3.8) is 0 Å². The van der Waals surface area contributed by atoms with E-state index >= 15 is 0 Å². The fourth-order valence-corrected chi connectivity index (χ4v) is 2.52. The normalized spacial score (nSPS) is 11.8. The van der Waals surface area contributed by atoms with Crippen molar-refractivity contribution in [2.75, 3.05) is 11.9 Å². The van der Waals surface area contributed by atoms with E-state index in [0.29, 0.717) is 5.75 Å². The summed E-state index contributed by atoms with van der Waals surface area (Å²) in [7, 11) is 0. The average molecular weight is 373 g/mol. The molecule has 0 aliphatic carbocycles. The molecule has 6 heteroatoms. The third-order valence-electron chi connectivity index (χ3n) is 4.02. The lowest BCUT2D eigenvalue weighted by molar-refractivity contribution is -0.155. The highest BCUT2D eigenvalue weighted by molar-refractivity contribution is 5.96. The number of benzene rings is 2. The first-order chi connectivity index (χ1) is 12.8. The van der Waals surface area contributed by atoms with Crippen LogP contribution < -0.4 is 10.1 Å². The second-order valence-electron chi connectivity index (χ2n) is 6.56. The van der Waals surface area contributed by atoms with Crippen LogP contribution in [-0.4, -0.2) is 24.6 Å². The van der Waals surface area contributed by atoms with Gasteiger partial charge in [0.25, 0.3) is 5.91 Å². The molecule has 0 aliphatic heterocycles. The molecule has 27 heavy (non-hydrogen) atoms. The maximum atomic E-state index is 12.8. The van der Waals surface area contributed by atoms with Crippen LogP contribution in [0.1, 0.15) is 37.8 Å². The van der Waals surface area contributed by atoms with Gasteiger partial charge in [0, 0.05) is 5.69 Å². The SMILES string of the molecule is Cc1cccc(C(C)C)c1NC(=O)[C@@H](C)OC(=O)COc1ccc(F)cc1. The second-order valence-corrected chi connectivity index (χ2v) is 6.56. The van der Waals surface area contributed by atoms with E-state index in [4.69, 9.17) is 9.47 Å². The molecule has 0 unspecified atom stereocenters. The van der Waals surface area contributed by atoms with Crippen molar-refractivity contribution in [1.82, 2.24) is 0 Å². The van der Waals surface area contributed by atoms with E-state index in [1.54, 1.807) is 0 Å². The quantitative estimate of drug-likeness (QED) is 0.739. The van der Waals surface area contributed by atoms with Crippen LogP contribution in [0, 0.1) is 12.7 Å². The van der Waals surface area contributed by atoms with Gasteiger partial charge in [0.05, 0.1) is 0 Å². The molecule has 0 radical (unpaired) electrons. The Kier molecular flexibility index (Phi) is 6.93. The van der Waals surface area contributed by atoms with Gasteiger partial charge in [0.1, 0.15) is 11.6 Å². The number of aryl methyl sites for hydroxylation is 1. The number of carbonyl (C=O) groups is 2. The zero-order chi connectivity index (χ0) is 20.0. The summed E-state index contributed by atoms with van der Waals surface area (Å²) in [6.07, 6.45) is -0.978. The molecule has 1 atom stereocenters. The van der Waals surface area contributed by atoms with Crippen LogP contribution in [0.3, 0.4) is 0 Å². The fourth-order valence-electron chi connectivity index (χ4n) is 2.52. The van der Waals surface area contributed by atoms with Crippen LogP contribution in [0.4, 0.5) is 10.1 Å². The van der Waals surface area contributed by atoms with Crippen molar-refractivity contribution in [2.45, 2.75) is 39.7 Å². The number of rotatable bonds is 7. The largest absolute Gasteiger partial charge is 0.482 e. The minimum atomic E-state index is -0.978. The second kappa shape index (κ2) is 9.16. The molecule has 2 rings (SSSR count). The summed E-state index contributed by atoms with van der Waals surface area (Å²) >= 11 is 0. The highest BCUT2D eigenvalue weighted by atomic mass is 19.1. The predicted molar refractivity (Wildman–Crippen MR) is 101 cm³/mol. The molecule has 1 amide bonds. The van der Waals surface area contributed by atoms with Gasteiger partial charge in [-0.3, -0.25) is 4.79 Å². The van der Waals surface area contributed by atoms with Gasteiger partial charge < -0.3 is 14.8 Å². The van der Waals surface area contributed by atoms with Gasteiger partial charge in [-0.15, -0.1) is 0 Å². The van der Waals surface area contributed by atoms with E-state index in [1.165, 1.54) is 31.2 Å². The van der Waals surface area contributed by atoms with Crippen LogP contribution in [0.25, 0.3) is 0 Å². The molecule has 0 spiro atoms. The third kappa shape index (κ3) is 5.81. The number of hydrogen-bond acceptors (Lipinski definition) is 4. The van der Waals surface area contributed by atoms with Crippen LogP contribution in [0.15, 0.2) is 42.5 Å². The highest BCUT2D eigenvalue weighted by Crippen LogP contribution is 2.27. The maximum Gasteiger partial charge on any atom is 0.344 e. The number of halogens is 1. The number of ether oxygens (including phenoxy) is 2. The molecule has 5 nitrogen and oxygen atoms in total. The first-order valence-electron chi connectivity index (χ1n) is 8.76. The van der Waals surface area contributed by atoms with Crippen molar-refractivity contribution in [1.29, 1.82) is 0 Å². The number of esters is 1. The topological polar surface area (TPSA) is 64.6 Å². The zero-order valence-corrected chi connectivity index (χ0v) is 15.9. The Labute approximate surface area is 158 Å². The van der Waals surface area contributed by atoms with Crippen LogP contribution in [0.5, 0.6) is 5.75 Å². The van der Waals surface area contributed by atoms with Crippen molar-refractivity contribution in [3.05, 3.63) is 59.4 Å². The Morgan fingerprint density at radius 3 is 2.37 bits per heavy atom. The van der Waals surface area contributed by atoms with Crippen LogP contribution in [0.2, 0.25) is 0 Å². The lowest BCUT2D eigenvalue weighted by atomic mass is 9.98. The molecule has 0 fully saturated rings. The monoisotopic (exact) mass is 373 g/mol. The van der Waals surface area contributed by atoms with E-state index in [1.807, 2.05) is 39.0 Å². The molecular weight excluding hydrogens is 349 g/mol. The van der Waals surface area contributed by atoms with E-state index in [0.717, 1.165) is 16.8 Å². The Morgan fingerprint density at radius 1 is 1.07 bits per heavy atom. The van der Waals surface area contributed by atoms with E-state index in [9.17, 15) is 14.0 Å². The summed E-state index contributed by atoms with van der Waals surface area (Å²) < 4.78 is 23.2. The highest BCUT2D eigenvalue weighted by Gasteiger charge is 2.20. The minimum absolute atomic E-state index is 0.238. The van der Waals surface area contributed by atoms with Gasteiger partial charge in [0.15, 0.2) is 12.7 Å². The molecule has 0 bridgehead atoms. The van der Waals surface area contributed by atoms with Crippen molar-refractivity contribution in [2.24, 2.45) is 0 Å². The van der Waals surface area contributed by atoms with Crippen LogP contribution in [-0.2, 0) is 14.3 Å². The smallest absolute Gasteiger partial charge is 0.344 e. The van der Waals surface area contributed by atoms with Gasteiger partial charge in [-0.1, -0.05) is 32.0 Å². The van der Waals surface area contributed by atoms with Crippen LogP contribution >= 0.6 is 0 Å². The molecule has 0 saturated carbocycles. The van der Waals surface area contributed by atoms with Gasteiger partial charge in [0.2, 0.25) is 0 Å². The van der Waals surface area contributed by atoms with E-state index in [-0.39, 0.29) is 12.5 Å². The third-order valence-corrected chi connectivity index (χ3v) is 4.02.